The molecule has 1 fully saturated rings. The summed E-state index contributed by atoms with van der Waals surface area (Å²) in [6.07, 6.45) is 0. The van der Waals surface area contributed by atoms with Crippen LogP contribution < -0.4 is 10.3 Å². The molecule has 7 nitrogen and oxygen atoms in total. The fourth-order valence-electron chi connectivity index (χ4n) is 2.76. The van der Waals surface area contributed by atoms with Gasteiger partial charge in [0.25, 0.3) is 5.91 Å². The van der Waals surface area contributed by atoms with Gasteiger partial charge in [-0.3, -0.25) is 15.0 Å². The molecule has 0 radical (unpaired) electrons. The number of ether oxygens (including phenoxy) is 1. The molecule has 0 saturated carbocycles. The van der Waals surface area contributed by atoms with Crippen molar-refractivity contribution in [2.45, 2.75) is 12.5 Å². The maximum absolute atomic E-state index is 12.7. The number of anilines is 1. The summed E-state index contributed by atoms with van der Waals surface area (Å²) in [7, 11) is 1.18. The van der Waals surface area contributed by atoms with Crippen molar-refractivity contribution in [2.75, 3.05) is 12.0 Å². The van der Waals surface area contributed by atoms with Crippen LogP contribution in [0.2, 0.25) is 10.0 Å². The average Bonchev–Trinajstić information content (AvgIpc) is 2.92. The van der Waals surface area contributed by atoms with E-state index in [9.17, 15) is 14.4 Å². The Morgan fingerprint density at radius 3 is 2.48 bits per heavy atom. The molecule has 23 heavy (non-hydrogen) atoms. The van der Waals surface area contributed by atoms with Gasteiger partial charge in [0.15, 0.2) is 5.71 Å². The number of amides is 2. The number of hydrazone groups is 1. The van der Waals surface area contributed by atoms with Crippen molar-refractivity contribution in [3.8, 4) is 0 Å². The maximum atomic E-state index is 12.7. The number of fused-ring (bicyclic) bond motifs is 1. The Morgan fingerprint density at radius 2 is 1.91 bits per heavy atom. The van der Waals surface area contributed by atoms with Crippen LogP contribution in [-0.2, 0) is 19.1 Å². The Bertz CT molecular complexity index is 759. The van der Waals surface area contributed by atoms with Crippen LogP contribution in [0.1, 0.15) is 6.92 Å². The highest BCUT2D eigenvalue weighted by Gasteiger charge is 2.63. The summed E-state index contributed by atoms with van der Waals surface area (Å²) in [5.41, 5.74) is 1.33. The number of methoxy groups -OCH3 is 1. The summed E-state index contributed by atoms with van der Waals surface area (Å²) < 4.78 is 4.62. The van der Waals surface area contributed by atoms with E-state index in [2.05, 4.69) is 15.3 Å². The highest BCUT2D eigenvalue weighted by molar-refractivity contribution is 6.47. The molecule has 1 saturated heterocycles. The van der Waals surface area contributed by atoms with Crippen LogP contribution in [0.25, 0.3) is 0 Å². The van der Waals surface area contributed by atoms with Crippen LogP contribution in [0.5, 0.6) is 0 Å². The summed E-state index contributed by atoms with van der Waals surface area (Å²) in [4.78, 5) is 38.2. The van der Waals surface area contributed by atoms with E-state index in [0.29, 0.717) is 0 Å². The highest BCUT2D eigenvalue weighted by Crippen LogP contribution is 2.39. The Kier molecular flexibility index (Phi) is 3.57. The number of benzene rings is 1. The number of halogens is 2. The molecule has 9 heteroatoms. The fourth-order valence-corrected chi connectivity index (χ4v) is 3.27. The lowest BCUT2D eigenvalue weighted by molar-refractivity contribution is -0.133. The Labute approximate surface area is 141 Å². The van der Waals surface area contributed by atoms with Gasteiger partial charge in [-0.05, 0) is 25.1 Å². The minimum Gasteiger partial charge on any atom is -0.464 e. The van der Waals surface area contributed by atoms with Gasteiger partial charge in [0, 0.05) is 10.0 Å². The molecule has 2 atom stereocenters. The predicted octanol–water partition coefficient (Wildman–Crippen LogP) is 1.37. The number of hydrogen-bond donors (Lipinski definition) is 1. The lowest BCUT2D eigenvalue weighted by Gasteiger charge is -2.20. The summed E-state index contributed by atoms with van der Waals surface area (Å²) in [5, 5.41) is 4.36. The van der Waals surface area contributed by atoms with Crippen LogP contribution in [0, 0.1) is 5.92 Å². The van der Waals surface area contributed by atoms with E-state index >= 15 is 0 Å². The Morgan fingerprint density at radius 1 is 1.30 bits per heavy atom. The van der Waals surface area contributed by atoms with Crippen LogP contribution in [-0.4, -0.2) is 36.1 Å². The molecule has 2 heterocycles. The first-order chi connectivity index (χ1) is 10.8. The van der Waals surface area contributed by atoms with Crippen LogP contribution in [0.15, 0.2) is 23.3 Å². The number of carbonyl (C=O) groups is 3. The van der Waals surface area contributed by atoms with Gasteiger partial charge in [-0.2, -0.15) is 5.10 Å². The molecule has 1 N–H and O–H groups in total. The van der Waals surface area contributed by atoms with Gasteiger partial charge in [-0.25, -0.2) is 9.69 Å². The van der Waals surface area contributed by atoms with Gasteiger partial charge in [0.05, 0.1) is 12.8 Å². The number of carbonyl (C=O) groups excluding carboxylic acids is 3. The van der Waals surface area contributed by atoms with Crippen molar-refractivity contribution >= 4 is 52.4 Å². The van der Waals surface area contributed by atoms with Crippen molar-refractivity contribution in [3.05, 3.63) is 28.2 Å². The lowest BCUT2D eigenvalue weighted by atomic mass is 9.86. The second-order valence-electron chi connectivity index (χ2n) is 5.34. The van der Waals surface area contributed by atoms with Crippen molar-refractivity contribution in [3.63, 3.8) is 0 Å². The molecule has 1 aromatic carbocycles. The number of nitrogens with zero attached hydrogens (tertiary/aromatic N) is 2. The first kappa shape index (κ1) is 15.8. The van der Waals surface area contributed by atoms with E-state index in [1.54, 1.807) is 0 Å². The molecule has 2 aliphatic heterocycles. The summed E-state index contributed by atoms with van der Waals surface area (Å²) in [5.74, 6) is -2.97. The van der Waals surface area contributed by atoms with Crippen LogP contribution in [0.3, 0.4) is 0 Å². The van der Waals surface area contributed by atoms with Gasteiger partial charge in [-0.15, -0.1) is 0 Å². The molecule has 3 rings (SSSR count). The van der Waals surface area contributed by atoms with E-state index < -0.39 is 29.2 Å². The molecule has 2 amide bonds. The first-order valence-corrected chi connectivity index (χ1v) is 7.32. The number of esters is 1. The molecule has 120 valence electrons. The quantitative estimate of drug-likeness (QED) is 0.639. The smallest absolute Gasteiger partial charge is 0.355 e. The van der Waals surface area contributed by atoms with Gasteiger partial charge in [0.1, 0.15) is 11.5 Å². The zero-order chi connectivity index (χ0) is 16.9. The van der Waals surface area contributed by atoms with Gasteiger partial charge >= 0.3 is 5.97 Å². The molecular weight excluding hydrogens is 345 g/mol. The summed E-state index contributed by atoms with van der Waals surface area (Å²) in [6.45, 7) is 1.50. The molecule has 2 aliphatic rings. The average molecular weight is 356 g/mol. The van der Waals surface area contributed by atoms with E-state index in [1.807, 2.05) is 0 Å². The van der Waals surface area contributed by atoms with Crippen LogP contribution in [0.4, 0.5) is 5.69 Å². The standard InChI is InChI=1S/C14H11Cl2N3O4/c1-14-9(10(17-18-14)12(21)23-2)11(20)19(13(14)22)8-4-6(15)3-7(16)5-8/h3-5,9,18H,1-2H3/t9-,14-/m0/s1. The van der Waals surface area contributed by atoms with E-state index in [1.165, 1.54) is 32.2 Å². The maximum Gasteiger partial charge on any atom is 0.355 e. The Balaban J connectivity index is 2.07. The van der Waals surface area contributed by atoms with E-state index in [0.717, 1.165) is 4.90 Å². The van der Waals surface area contributed by atoms with Gasteiger partial charge in [0.2, 0.25) is 5.91 Å². The summed E-state index contributed by atoms with van der Waals surface area (Å²) in [6, 6.07) is 4.38. The number of nitrogens with one attached hydrogen (secondary N) is 1. The number of imide groups is 1. The molecule has 1 aromatic rings. The zero-order valence-electron chi connectivity index (χ0n) is 12.1. The summed E-state index contributed by atoms with van der Waals surface area (Å²) >= 11 is 11.9. The minimum atomic E-state index is -1.35. The molecule has 0 unspecified atom stereocenters. The molecule has 0 aliphatic carbocycles. The lowest BCUT2D eigenvalue weighted by Crippen LogP contribution is -2.48. The molecule has 0 spiro atoms. The zero-order valence-corrected chi connectivity index (χ0v) is 13.6. The third-order valence-electron chi connectivity index (χ3n) is 3.87. The Hall–Kier alpha value is -2.12. The monoisotopic (exact) mass is 355 g/mol. The SMILES string of the molecule is COC(=O)C1=NN[C@]2(C)C(=O)N(c3cc(Cl)cc(Cl)c3)C(=O)[C@H]12. The third kappa shape index (κ3) is 2.19. The van der Waals surface area contributed by atoms with E-state index in [-0.39, 0.29) is 21.4 Å². The first-order valence-electron chi connectivity index (χ1n) is 6.57. The number of hydrogen-bond acceptors (Lipinski definition) is 6. The van der Waals surface area contributed by atoms with Gasteiger partial charge < -0.3 is 4.74 Å². The second kappa shape index (κ2) is 5.21. The topological polar surface area (TPSA) is 88.1 Å². The third-order valence-corrected chi connectivity index (χ3v) is 4.31. The predicted molar refractivity (Wildman–Crippen MR) is 83.4 cm³/mol. The van der Waals surface area contributed by atoms with Crippen molar-refractivity contribution in [1.82, 2.24) is 5.43 Å². The van der Waals surface area contributed by atoms with E-state index in [4.69, 9.17) is 23.2 Å². The number of rotatable bonds is 2. The largest absolute Gasteiger partial charge is 0.464 e. The second-order valence-corrected chi connectivity index (χ2v) is 6.22. The minimum absolute atomic E-state index is 0.135. The normalized spacial score (nSPS) is 26.0. The molecule has 0 aromatic heterocycles. The van der Waals surface area contributed by atoms with Crippen LogP contribution >= 0.6 is 23.2 Å². The van der Waals surface area contributed by atoms with Gasteiger partial charge in [-0.1, -0.05) is 23.2 Å². The highest BCUT2D eigenvalue weighted by atomic mass is 35.5. The van der Waals surface area contributed by atoms with Crippen molar-refractivity contribution in [1.29, 1.82) is 0 Å². The fraction of sp³-hybridized carbons (Fsp3) is 0.286. The van der Waals surface area contributed by atoms with Crippen molar-refractivity contribution < 1.29 is 19.1 Å². The van der Waals surface area contributed by atoms with Crippen molar-refractivity contribution in [2.24, 2.45) is 11.0 Å². The molecule has 0 bridgehead atoms. The molecular formula is C14H11Cl2N3O4.